The van der Waals surface area contributed by atoms with Crippen LogP contribution in [0, 0.1) is 5.92 Å². The van der Waals surface area contributed by atoms with Crippen molar-refractivity contribution in [2.75, 3.05) is 13.2 Å². The van der Waals surface area contributed by atoms with Gasteiger partial charge in [0, 0.05) is 38.3 Å². The predicted octanol–water partition coefficient (Wildman–Crippen LogP) is 2.85. The number of aryl methyl sites for hydroxylation is 1. The Balaban J connectivity index is 1.84. The SMILES string of the molecule is CCn1ccnc1[C@H](NC(=O)c1ccc(Cl)cn1)C1CCOCC1. The molecule has 1 atom stereocenters. The molecular formula is C17H21ClN4O2. The first kappa shape index (κ1) is 16.9. The van der Waals surface area contributed by atoms with Gasteiger partial charge in [0.2, 0.25) is 0 Å². The van der Waals surface area contributed by atoms with Crippen LogP contribution in [0.5, 0.6) is 0 Å². The molecule has 0 radical (unpaired) electrons. The predicted molar refractivity (Wildman–Crippen MR) is 90.9 cm³/mol. The Morgan fingerprint density at radius 3 is 2.88 bits per heavy atom. The summed E-state index contributed by atoms with van der Waals surface area (Å²) in [5.41, 5.74) is 0.353. The lowest BCUT2D eigenvalue weighted by molar-refractivity contribution is 0.0497. The molecule has 2 aromatic rings. The summed E-state index contributed by atoms with van der Waals surface area (Å²) in [5, 5.41) is 3.62. The minimum atomic E-state index is -0.214. The fourth-order valence-corrected chi connectivity index (χ4v) is 3.15. The summed E-state index contributed by atoms with van der Waals surface area (Å²) < 4.78 is 7.52. The molecule has 0 spiro atoms. The number of carbonyl (C=O) groups is 1. The summed E-state index contributed by atoms with van der Waals surface area (Å²) in [7, 11) is 0. The molecule has 0 saturated carbocycles. The lowest BCUT2D eigenvalue weighted by Gasteiger charge is -2.30. The number of carbonyl (C=O) groups excluding carboxylic acids is 1. The van der Waals surface area contributed by atoms with Crippen LogP contribution in [0.25, 0.3) is 0 Å². The third kappa shape index (κ3) is 3.76. The minimum absolute atomic E-state index is 0.158. The maximum Gasteiger partial charge on any atom is 0.270 e. The van der Waals surface area contributed by atoms with Crippen molar-refractivity contribution in [3.8, 4) is 0 Å². The van der Waals surface area contributed by atoms with E-state index in [1.807, 2.05) is 6.20 Å². The van der Waals surface area contributed by atoms with E-state index in [9.17, 15) is 4.79 Å². The van der Waals surface area contributed by atoms with Crippen LogP contribution in [0.4, 0.5) is 0 Å². The van der Waals surface area contributed by atoms with Gasteiger partial charge in [-0.2, -0.15) is 0 Å². The van der Waals surface area contributed by atoms with E-state index in [1.54, 1.807) is 18.3 Å². The standard InChI is InChI=1S/C17H21ClN4O2/c1-2-22-8-7-19-16(22)15(12-5-9-24-10-6-12)21-17(23)14-4-3-13(18)11-20-14/h3-4,7-8,11-12,15H,2,5-6,9-10H2,1H3,(H,21,23)/t15-/m1/s1. The zero-order valence-electron chi connectivity index (χ0n) is 13.6. The van der Waals surface area contributed by atoms with E-state index in [-0.39, 0.29) is 11.9 Å². The smallest absolute Gasteiger partial charge is 0.270 e. The third-order valence-electron chi connectivity index (χ3n) is 4.35. The van der Waals surface area contributed by atoms with Gasteiger partial charge in [0.25, 0.3) is 5.91 Å². The first-order chi connectivity index (χ1) is 11.7. The molecule has 1 saturated heterocycles. The molecule has 2 aromatic heterocycles. The molecular weight excluding hydrogens is 328 g/mol. The van der Waals surface area contributed by atoms with Crippen LogP contribution < -0.4 is 5.32 Å². The Morgan fingerprint density at radius 1 is 1.42 bits per heavy atom. The molecule has 3 heterocycles. The highest BCUT2D eigenvalue weighted by atomic mass is 35.5. The molecule has 1 aliphatic rings. The first-order valence-corrected chi connectivity index (χ1v) is 8.58. The molecule has 6 nitrogen and oxygen atoms in total. The Labute approximate surface area is 146 Å². The number of halogens is 1. The molecule has 128 valence electrons. The summed E-state index contributed by atoms with van der Waals surface area (Å²) in [6, 6.07) is 3.14. The van der Waals surface area contributed by atoms with Crippen molar-refractivity contribution >= 4 is 17.5 Å². The fourth-order valence-electron chi connectivity index (χ4n) is 3.03. The summed E-state index contributed by atoms with van der Waals surface area (Å²) in [6.07, 6.45) is 6.99. The number of nitrogens with zero attached hydrogens (tertiary/aromatic N) is 3. The number of pyridine rings is 1. The maximum atomic E-state index is 12.6. The zero-order chi connectivity index (χ0) is 16.9. The molecule has 0 bridgehead atoms. The van der Waals surface area contributed by atoms with Gasteiger partial charge in [0.1, 0.15) is 11.5 Å². The van der Waals surface area contributed by atoms with E-state index in [0.29, 0.717) is 29.8 Å². The zero-order valence-corrected chi connectivity index (χ0v) is 14.4. The molecule has 0 aliphatic carbocycles. The monoisotopic (exact) mass is 348 g/mol. The fraction of sp³-hybridized carbons (Fsp3) is 0.471. The van der Waals surface area contributed by atoms with E-state index in [2.05, 4.69) is 26.8 Å². The first-order valence-electron chi connectivity index (χ1n) is 8.20. The maximum absolute atomic E-state index is 12.6. The van der Waals surface area contributed by atoms with Crippen LogP contribution in [0.1, 0.15) is 42.1 Å². The van der Waals surface area contributed by atoms with E-state index >= 15 is 0 Å². The van der Waals surface area contributed by atoms with Crippen molar-refractivity contribution in [2.45, 2.75) is 32.4 Å². The Bertz CT molecular complexity index is 680. The highest BCUT2D eigenvalue weighted by Crippen LogP contribution is 2.29. The van der Waals surface area contributed by atoms with Crippen LogP contribution in [0.15, 0.2) is 30.7 Å². The van der Waals surface area contributed by atoms with Gasteiger partial charge in [-0.15, -0.1) is 0 Å². The van der Waals surface area contributed by atoms with E-state index < -0.39 is 0 Å². The second-order valence-electron chi connectivity index (χ2n) is 5.83. The molecule has 3 rings (SSSR count). The lowest BCUT2D eigenvalue weighted by Crippen LogP contribution is -2.38. The summed E-state index contributed by atoms with van der Waals surface area (Å²) in [5.74, 6) is 0.961. The number of rotatable bonds is 5. The average molecular weight is 349 g/mol. The van der Waals surface area contributed by atoms with Crippen LogP contribution in [-0.2, 0) is 11.3 Å². The van der Waals surface area contributed by atoms with E-state index in [0.717, 1.165) is 25.2 Å². The highest BCUT2D eigenvalue weighted by Gasteiger charge is 2.30. The lowest BCUT2D eigenvalue weighted by atomic mass is 9.91. The second kappa shape index (κ2) is 7.77. The van der Waals surface area contributed by atoms with Crippen molar-refractivity contribution in [3.63, 3.8) is 0 Å². The number of hydrogen-bond acceptors (Lipinski definition) is 4. The molecule has 24 heavy (non-hydrogen) atoms. The van der Waals surface area contributed by atoms with Gasteiger partial charge in [-0.25, -0.2) is 9.97 Å². The van der Waals surface area contributed by atoms with Crippen LogP contribution >= 0.6 is 11.6 Å². The number of amides is 1. The highest BCUT2D eigenvalue weighted by molar-refractivity contribution is 6.30. The molecule has 7 heteroatoms. The van der Waals surface area contributed by atoms with Gasteiger partial charge in [-0.05, 0) is 37.8 Å². The van der Waals surface area contributed by atoms with E-state index in [4.69, 9.17) is 16.3 Å². The summed E-state index contributed by atoms with van der Waals surface area (Å²) in [4.78, 5) is 21.2. The molecule has 1 fully saturated rings. The molecule has 0 unspecified atom stereocenters. The third-order valence-corrected chi connectivity index (χ3v) is 4.57. The Hall–Kier alpha value is -1.92. The van der Waals surface area contributed by atoms with Crippen LogP contribution in [0.3, 0.4) is 0 Å². The van der Waals surface area contributed by atoms with Gasteiger partial charge in [-0.1, -0.05) is 11.6 Å². The second-order valence-corrected chi connectivity index (χ2v) is 6.27. The van der Waals surface area contributed by atoms with Crippen LogP contribution in [0.2, 0.25) is 5.02 Å². The number of aromatic nitrogens is 3. The topological polar surface area (TPSA) is 69.0 Å². The molecule has 1 aliphatic heterocycles. The van der Waals surface area contributed by atoms with E-state index in [1.165, 1.54) is 6.20 Å². The quantitative estimate of drug-likeness (QED) is 0.902. The number of nitrogens with one attached hydrogen (secondary N) is 1. The molecule has 1 amide bonds. The van der Waals surface area contributed by atoms with Gasteiger partial charge in [0.15, 0.2) is 0 Å². The van der Waals surface area contributed by atoms with Crippen molar-refractivity contribution < 1.29 is 9.53 Å². The average Bonchev–Trinajstić information content (AvgIpc) is 3.09. The number of hydrogen-bond donors (Lipinski definition) is 1. The largest absolute Gasteiger partial charge is 0.381 e. The minimum Gasteiger partial charge on any atom is -0.381 e. The number of ether oxygens (including phenoxy) is 1. The van der Waals surface area contributed by atoms with Gasteiger partial charge in [-0.3, -0.25) is 4.79 Å². The Morgan fingerprint density at radius 2 is 2.21 bits per heavy atom. The van der Waals surface area contributed by atoms with Gasteiger partial charge >= 0.3 is 0 Å². The van der Waals surface area contributed by atoms with Crippen molar-refractivity contribution in [2.24, 2.45) is 5.92 Å². The van der Waals surface area contributed by atoms with Crippen LogP contribution in [-0.4, -0.2) is 33.7 Å². The summed E-state index contributed by atoms with van der Waals surface area (Å²) in [6.45, 7) is 4.30. The van der Waals surface area contributed by atoms with Gasteiger partial charge in [0.05, 0.1) is 11.1 Å². The molecule has 0 aromatic carbocycles. The summed E-state index contributed by atoms with van der Waals surface area (Å²) >= 11 is 5.84. The Kier molecular flexibility index (Phi) is 5.48. The van der Waals surface area contributed by atoms with Gasteiger partial charge < -0.3 is 14.6 Å². The normalized spacial score (nSPS) is 16.8. The van der Waals surface area contributed by atoms with Crippen molar-refractivity contribution in [1.82, 2.24) is 19.9 Å². The molecule has 1 N–H and O–H groups in total. The van der Waals surface area contributed by atoms with Crippen molar-refractivity contribution in [1.29, 1.82) is 0 Å². The number of imidazole rings is 1. The van der Waals surface area contributed by atoms with Crippen molar-refractivity contribution in [3.05, 3.63) is 47.3 Å².